The van der Waals surface area contributed by atoms with Crippen molar-refractivity contribution in [2.75, 3.05) is 4.90 Å². The Morgan fingerprint density at radius 1 is 1.27 bits per heavy atom. The number of hydrogen-bond acceptors (Lipinski definition) is 2. The first-order chi connectivity index (χ1) is 10.4. The number of hydrogen-bond donors (Lipinski definition) is 0. The largest absolute Gasteiger partial charge is 0.306 e. The maximum absolute atomic E-state index is 12.9. The molecule has 5 heteroatoms. The van der Waals surface area contributed by atoms with Crippen LogP contribution in [0.3, 0.4) is 0 Å². The summed E-state index contributed by atoms with van der Waals surface area (Å²) < 4.78 is 0.803. The lowest BCUT2D eigenvalue weighted by Gasteiger charge is -2.27. The minimum Gasteiger partial charge on any atom is -0.306 e. The van der Waals surface area contributed by atoms with Crippen LogP contribution in [0.4, 0.5) is 5.69 Å². The van der Waals surface area contributed by atoms with Gasteiger partial charge in [-0.15, -0.1) is 0 Å². The zero-order chi connectivity index (χ0) is 16.3. The molecule has 0 aromatic heterocycles. The van der Waals surface area contributed by atoms with Crippen LogP contribution in [-0.2, 0) is 0 Å². The third-order valence-electron chi connectivity index (χ3n) is 3.15. The van der Waals surface area contributed by atoms with Crippen molar-refractivity contribution in [2.24, 2.45) is 0 Å². The van der Waals surface area contributed by atoms with E-state index in [4.69, 9.17) is 16.9 Å². The van der Waals surface area contributed by atoms with E-state index < -0.39 is 0 Å². The van der Waals surface area contributed by atoms with Crippen LogP contribution in [-0.4, -0.2) is 11.9 Å². The summed E-state index contributed by atoms with van der Waals surface area (Å²) in [6.07, 6.45) is 0. The van der Waals surface area contributed by atoms with E-state index in [9.17, 15) is 4.79 Å². The molecular formula is C17H14ClIN2O. The first-order valence-electron chi connectivity index (χ1n) is 6.73. The fraction of sp³-hybridized carbons (Fsp3) is 0.176. The molecule has 3 nitrogen and oxygen atoms in total. The van der Waals surface area contributed by atoms with Gasteiger partial charge in [-0.05, 0) is 72.8 Å². The number of halogens is 2. The van der Waals surface area contributed by atoms with Gasteiger partial charge in [0.25, 0.3) is 5.91 Å². The molecule has 2 aromatic carbocycles. The number of nitrogens with zero attached hydrogens (tertiary/aromatic N) is 2. The van der Waals surface area contributed by atoms with Crippen LogP contribution in [0, 0.1) is 14.9 Å². The van der Waals surface area contributed by atoms with Gasteiger partial charge in [0.05, 0.1) is 17.2 Å². The lowest BCUT2D eigenvalue weighted by atomic mass is 10.1. The van der Waals surface area contributed by atoms with Crippen molar-refractivity contribution >= 4 is 45.8 Å². The van der Waals surface area contributed by atoms with Gasteiger partial charge in [0.1, 0.15) is 0 Å². The molecule has 22 heavy (non-hydrogen) atoms. The van der Waals surface area contributed by atoms with Crippen LogP contribution >= 0.6 is 34.2 Å². The van der Waals surface area contributed by atoms with Crippen LogP contribution in [0.5, 0.6) is 0 Å². The highest BCUT2D eigenvalue weighted by Gasteiger charge is 2.22. The number of anilines is 1. The molecule has 0 radical (unpaired) electrons. The number of carbonyl (C=O) groups excluding carboxylic acids is 1. The van der Waals surface area contributed by atoms with Crippen LogP contribution in [0.2, 0.25) is 5.02 Å². The average molecular weight is 425 g/mol. The Morgan fingerprint density at radius 2 is 2.00 bits per heavy atom. The van der Waals surface area contributed by atoms with Gasteiger partial charge < -0.3 is 4.90 Å². The monoisotopic (exact) mass is 424 g/mol. The highest BCUT2D eigenvalue weighted by Crippen LogP contribution is 2.25. The van der Waals surface area contributed by atoms with Gasteiger partial charge in [-0.2, -0.15) is 5.26 Å². The molecule has 0 fully saturated rings. The van der Waals surface area contributed by atoms with E-state index in [-0.39, 0.29) is 11.9 Å². The smallest absolute Gasteiger partial charge is 0.259 e. The Balaban J connectivity index is 2.47. The summed E-state index contributed by atoms with van der Waals surface area (Å²) in [4.78, 5) is 14.6. The number of benzene rings is 2. The van der Waals surface area contributed by atoms with Gasteiger partial charge >= 0.3 is 0 Å². The first kappa shape index (κ1) is 16.8. The average Bonchev–Trinajstić information content (AvgIpc) is 2.47. The number of rotatable bonds is 3. The van der Waals surface area contributed by atoms with E-state index in [1.807, 2.05) is 19.9 Å². The topological polar surface area (TPSA) is 44.1 Å². The van der Waals surface area contributed by atoms with Crippen LogP contribution < -0.4 is 4.90 Å². The molecule has 0 bridgehead atoms. The molecule has 1 amide bonds. The van der Waals surface area contributed by atoms with E-state index >= 15 is 0 Å². The molecule has 0 unspecified atom stereocenters. The normalized spacial score (nSPS) is 10.4. The molecule has 2 rings (SSSR count). The minimum atomic E-state index is -0.105. The minimum absolute atomic E-state index is 0.0343. The van der Waals surface area contributed by atoms with Gasteiger partial charge in [0, 0.05) is 20.3 Å². The van der Waals surface area contributed by atoms with Crippen molar-refractivity contribution in [2.45, 2.75) is 19.9 Å². The van der Waals surface area contributed by atoms with E-state index in [1.54, 1.807) is 41.3 Å². The molecule has 0 saturated heterocycles. The molecule has 0 heterocycles. The van der Waals surface area contributed by atoms with Gasteiger partial charge in [0.2, 0.25) is 0 Å². The molecular weight excluding hydrogens is 411 g/mol. The standard InChI is InChI=1S/C17H14ClIN2O/c1-11(2)21(14-5-3-4-12(8-14)10-20)17(22)15-7-6-13(18)9-16(15)19/h3-9,11H,1-2H3. The third-order valence-corrected chi connectivity index (χ3v) is 4.28. The van der Waals surface area contributed by atoms with Crippen molar-refractivity contribution < 1.29 is 4.79 Å². The Bertz CT molecular complexity index is 753. The van der Waals surface area contributed by atoms with Crippen molar-refractivity contribution in [1.82, 2.24) is 0 Å². The number of carbonyl (C=O) groups is 1. The molecule has 0 atom stereocenters. The lowest BCUT2D eigenvalue weighted by molar-refractivity contribution is 0.0979. The maximum Gasteiger partial charge on any atom is 0.259 e. The van der Waals surface area contributed by atoms with E-state index in [0.717, 1.165) is 3.57 Å². The fourth-order valence-corrected chi connectivity index (χ4v) is 3.27. The van der Waals surface area contributed by atoms with Crippen LogP contribution in [0.25, 0.3) is 0 Å². The summed E-state index contributed by atoms with van der Waals surface area (Å²) in [5.74, 6) is -0.105. The van der Waals surface area contributed by atoms with Gasteiger partial charge in [-0.3, -0.25) is 4.79 Å². The SMILES string of the molecule is CC(C)N(C(=O)c1ccc(Cl)cc1I)c1cccc(C#N)c1. The molecule has 2 aromatic rings. The highest BCUT2D eigenvalue weighted by atomic mass is 127. The summed E-state index contributed by atoms with van der Waals surface area (Å²) >= 11 is 8.06. The molecule has 0 N–H and O–H groups in total. The van der Waals surface area contributed by atoms with E-state index in [0.29, 0.717) is 21.8 Å². The molecule has 112 valence electrons. The molecule has 0 aliphatic heterocycles. The summed E-state index contributed by atoms with van der Waals surface area (Å²) in [5.41, 5.74) is 1.84. The van der Waals surface area contributed by atoms with Crippen molar-refractivity contribution in [1.29, 1.82) is 5.26 Å². The van der Waals surface area contributed by atoms with Crippen molar-refractivity contribution in [3.05, 3.63) is 62.2 Å². The van der Waals surface area contributed by atoms with Crippen LogP contribution in [0.1, 0.15) is 29.8 Å². The zero-order valence-electron chi connectivity index (χ0n) is 12.2. The highest BCUT2D eigenvalue weighted by molar-refractivity contribution is 14.1. The quantitative estimate of drug-likeness (QED) is 0.660. The summed E-state index contributed by atoms with van der Waals surface area (Å²) in [6.45, 7) is 3.89. The zero-order valence-corrected chi connectivity index (χ0v) is 15.1. The maximum atomic E-state index is 12.9. The van der Waals surface area contributed by atoms with Crippen molar-refractivity contribution in [3.63, 3.8) is 0 Å². The van der Waals surface area contributed by atoms with Gasteiger partial charge in [0.15, 0.2) is 0 Å². The summed E-state index contributed by atoms with van der Waals surface area (Å²) in [7, 11) is 0. The fourth-order valence-electron chi connectivity index (χ4n) is 2.17. The lowest BCUT2D eigenvalue weighted by Crippen LogP contribution is -2.37. The van der Waals surface area contributed by atoms with Crippen LogP contribution in [0.15, 0.2) is 42.5 Å². The molecule has 0 saturated carbocycles. The molecule has 0 aliphatic rings. The second kappa shape index (κ2) is 7.12. The third kappa shape index (κ3) is 3.60. The second-order valence-corrected chi connectivity index (χ2v) is 6.65. The first-order valence-corrected chi connectivity index (χ1v) is 8.18. The Morgan fingerprint density at radius 3 is 2.59 bits per heavy atom. The summed E-state index contributed by atoms with van der Waals surface area (Å²) in [6, 6.07) is 14.3. The van der Waals surface area contributed by atoms with Gasteiger partial charge in [-0.1, -0.05) is 17.7 Å². The van der Waals surface area contributed by atoms with E-state index in [1.165, 1.54) is 0 Å². The van der Waals surface area contributed by atoms with E-state index in [2.05, 4.69) is 28.7 Å². The predicted octanol–water partition coefficient (Wildman–Crippen LogP) is 4.87. The Kier molecular flexibility index (Phi) is 5.43. The Labute approximate surface area is 148 Å². The molecule has 0 aliphatic carbocycles. The van der Waals surface area contributed by atoms with Crippen molar-refractivity contribution in [3.8, 4) is 6.07 Å². The second-order valence-electron chi connectivity index (χ2n) is 5.06. The van der Waals surface area contributed by atoms with Gasteiger partial charge in [-0.25, -0.2) is 0 Å². The number of amides is 1. The molecule has 0 spiro atoms. The number of nitriles is 1. The Hall–Kier alpha value is -1.58. The predicted molar refractivity (Wildman–Crippen MR) is 97.3 cm³/mol. The summed E-state index contributed by atoms with van der Waals surface area (Å²) in [5, 5.41) is 9.64.